The Balaban J connectivity index is 2.19. The zero-order valence-corrected chi connectivity index (χ0v) is 14.9. The summed E-state index contributed by atoms with van der Waals surface area (Å²) in [5.41, 5.74) is 1.97. The molecule has 0 bridgehead atoms. The van der Waals surface area contributed by atoms with Crippen molar-refractivity contribution in [3.63, 3.8) is 0 Å². The van der Waals surface area contributed by atoms with Gasteiger partial charge < -0.3 is 10.2 Å². The molecule has 10 heteroatoms. The fourth-order valence-electron chi connectivity index (χ4n) is 1.72. The maximum atomic E-state index is 12.0. The van der Waals surface area contributed by atoms with E-state index in [2.05, 4.69) is 42.4 Å². The van der Waals surface area contributed by atoms with E-state index in [4.69, 9.17) is 0 Å². The van der Waals surface area contributed by atoms with Crippen molar-refractivity contribution in [3.05, 3.63) is 60.5 Å². The Morgan fingerprint density at radius 1 is 1.25 bits per heavy atom. The van der Waals surface area contributed by atoms with Crippen LogP contribution in [0.15, 0.2) is 44.4 Å². The number of hydrazone groups is 1. The van der Waals surface area contributed by atoms with Crippen LogP contribution >= 0.6 is 31.9 Å². The topological polar surface area (TPSA) is 125 Å². The second-order valence-corrected chi connectivity index (χ2v) is 6.25. The minimum Gasteiger partial charge on any atom is -0.507 e. The summed E-state index contributed by atoms with van der Waals surface area (Å²) in [4.78, 5) is 22.1. The van der Waals surface area contributed by atoms with E-state index < -0.39 is 10.8 Å². The molecule has 0 radical (unpaired) electrons. The van der Waals surface area contributed by atoms with Crippen LogP contribution in [-0.4, -0.2) is 27.3 Å². The first-order valence-corrected chi connectivity index (χ1v) is 7.87. The van der Waals surface area contributed by atoms with Gasteiger partial charge in [0.2, 0.25) is 0 Å². The lowest BCUT2D eigenvalue weighted by atomic mass is 10.2. The summed E-state index contributed by atoms with van der Waals surface area (Å²) in [7, 11) is 0. The number of phenols is 2. The molecule has 0 atom stereocenters. The fourth-order valence-corrected chi connectivity index (χ4v) is 2.94. The van der Waals surface area contributed by atoms with Gasteiger partial charge in [-0.1, -0.05) is 15.9 Å². The highest BCUT2D eigenvalue weighted by Crippen LogP contribution is 2.31. The predicted molar refractivity (Wildman–Crippen MR) is 93.3 cm³/mol. The second-order valence-electron chi connectivity index (χ2n) is 4.48. The summed E-state index contributed by atoms with van der Waals surface area (Å²) < 4.78 is 0.889. The highest BCUT2D eigenvalue weighted by atomic mass is 79.9. The van der Waals surface area contributed by atoms with E-state index in [0.29, 0.717) is 8.95 Å². The molecule has 0 aliphatic heterocycles. The molecule has 0 saturated carbocycles. The third kappa shape index (κ3) is 4.09. The highest BCUT2D eigenvalue weighted by molar-refractivity contribution is 9.11. The number of non-ortho nitro benzene ring substituents is 1. The standard InChI is InChI=1S/C14H9Br2N3O5/c15-8-4-10(13(21)11(16)5-8)14(22)18-17-6-7-3-9(19(23)24)1-2-12(7)20/h1-6,20-21H,(H,18,22)/b17-6+. The largest absolute Gasteiger partial charge is 0.507 e. The summed E-state index contributed by atoms with van der Waals surface area (Å²) >= 11 is 6.30. The van der Waals surface area contributed by atoms with Gasteiger partial charge in [0, 0.05) is 22.2 Å². The maximum Gasteiger partial charge on any atom is 0.275 e. The van der Waals surface area contributed by atoms with Crippen LogP contribution in [0.5, 0.6) is 11.5 Å². The lowest BCUT2D eigenvalue weighted by Gasteiger charge is -2.06. The number of carbonyl (C=O) groups excluding carboxylic acids is 1. The minimum atomic E-state index is -0.698. The quantitative estimate of drug-likeness (QED) is 0.368. The van der Waals surface area contributed by atoms with E-state index >= 15 is 0 Å². The number of carbonyl (C=O) groups is 1. The van der Waals surface area contributed by atoms with Crippen molar-refractivity contribution in [1.29, 1.82) is 0 Å². The molecule has 0 heterocycles. The van der Waals surface area contributed by atoms with Gasteiger partial charge in [-0.15, -0.1) is 0 Å². The van der Waals surface area contributed by atoms with Gasteiger partial charge in [0.05, 0.1) is 21.2 Å². The Morgan fingerprint density at radius 3 is 2.62 bits per heavy atom. The molecule has 0 saturated heterocycles. The molecule has 0 aliphatic rings. The summed E-state index contributed by atoms with van der Waals surface area (Å²) in [6.45, 7) is 0. The number of amides is 1. The number of nitro groups is 1. The van der Waals surface area contributed by atoms with Gasteiger partial charge >= 0.3 is 0 Å². The summed E-state index contributed by atoms with van der Waals surface area (Å²) in [6, 6.07) is 6.37. The number of nitro benzene ring substituents is 1. The number of aromatic hydroxyl groups is 2. The molecule has 124 valence electrons. The molecular formula is C14H9Br2N3O5. The van der Waals surface area contributed by atoms with Crippen LogP contribution in [0.4, 0.5) is 5.69 Å². The Bertz CT molecular complexity index is 855. The van der Waals surface area contributed by atoms with E-state index in [0.717, 1.165) is 24.4 Å². The Hall–Kier alpha value is -2.46. The normalized spacial score (nSPS) is 10.8. The van der Waals surface area contributed by atoms with Crippen molar-refractivity contribution in [1.82, 2.24) is 5.43 Å². The molecule has 24 heavy (non-hydrogen) atoms. The van der Waals surface area contributed by atoms with Crippen LogP contribution in [-0.2, 0) is 0 Å². The highest BCUT2D eigenvalue weighted by Gasteiger charge is 2.14. The molecule has 1 amide bonds. The smallest absolute Gasteiger partial charge is 0.275 e. The lowest BCUT2D eigenvalue weighted by molar-refractivity contribution is -0.384. The van der Waals surface area contributed by atoms with Gasteiger partial charge in [-0.2, -0.15) is 5.10 Å². The molecule has 2 aromatic rings. The van der Waals surface area contributed by atoms with Crippen LogP contribution in [0.3, 0.4) is 0 Å². The maximum absolute atomic E-state index is 12.0. The molecule has 0 aliphatic carbocycles. The van der Waals surface area contributed by atoms with E-state index in [1.54, 1.807) is 6.07 Å². The lowest BCUT2D eigenvalue weighted by Crippen LogP contribution is -2.18. The van der Waals surface area contributed by atoms with Gasteiger partial charge in [-0.25, -0.2) is 5.43 Å². The van der Waals surface area contributed by atoms with Crippen molar-refractivity contribution >= 4 is 49.7 Å². The van der Waals surface area contributed by atoms with E-state index in [1.807, 2.05) is 0 Å². The fraction of sp³-hybridized carbons (Fsp3) is 0. The zero-order chi connectivity index (χ0) is 17.9. The van der Waals surface area contributed by atoms with Crippen LogP contribution in [0.25, 0.3) is 0 Å². The molecule has 0 fully saturated rings. The summed E-state index contributed by atoms with van der Waals surface area (Å²) in [5, 5.41) is 33.8. The van der Waals surface area contributed by atoms with Gasteiger partial charge in [-0.3, -0.25) is 14.9 Å². The van der Waals surface area contributed by atoms with E-state index in [9.17, 15) is 25.1 Å². The number of halogens is 2. The van der Waals surface area contributed by atoms with Crippen molar-refractivity contribution < 1.29 is 19.9 Å². The molecular weight excluding hydrogens is 450 g/mol. The van der Waals surface area contributed by atoms with Gasteiger partial charge in [0.1, 0.15) is 11.5 Å². The number of phenolic OH excluding ortho intramolecular Hbond substituents is 2. The van der Waals surface area contributed by atoms with E-state index in [-0.39, 0.29) is 28.3 Å². The molecule has 0 aromatic heterocycles. The molecule has 3 N–H and O–H groups in total. The van der Waals surface area contributed by atoms with Crippen LogP contribution in [0.1, 0.15) is 15.9 Å². The predicted octanol–water partition coefficient (Wildman–Crippen LogP) is 3.29. The van der Waals surface area contributed by atoms with Gasteiger partial charge in [-0.05, 0) is 34.1 Å². The van der Waals surface area contributed by atoms with Crippen molar-refractivity contribution in [2.45, 2.75) is 0 Å². The molecule has 0 unspecified atom stereocenters. The van der Waals surface area contributed by atoms with Crippen LogP contribution in [0.2, 0.25) is 0 Å². The zero-order valence-electron chi connectivity index (χ0n) is 11.7. The Labute approximate surface area is 152 Å². The molecule has 2 aromatic carbocycles. The Kier molecular flexibility index (Phi) is 5.52. The summed E-state index contributed by atoms with van der Waals surface area (Å²) in [6.07, 6.45) is 1.06. The Morgan fingerprint density at radius 2 is 1.96 bits per heavy atom. The first-order valence-electron chi connectivity index (χ1n) is 6.28. The SMILES string of the molecule is O=C(N/N=C/c1cc([N+](=O)[O-])ccc1O)c1cc(Br)cc(Br)c1O. The summed E-state index contributed by atoms with van der Waals surface area (Å²) in [5.74, 6) is -1.19. The molecule has 8 nitrogen and oxygen atoms in total. The van der Waals surface area contributed by atoms with Crippen molar-refractivity contribution in [3.8, 4) is 11.5 Å². The average molecular weight is 459 g/mol. The third-order valence-electron chi connectivity index (χ3n) is 2.86. The molecule has 0 spiro atoms. The van der Waals surface area contributed by atoms with Crippen molar-refractivity contribution in [2.24, 2.45) is 5.10 Å². The first kappa shape index (κ1) is 17.9. The van der Waals surface area contributed by atoms with Crippen LogP contribution < -0.4 is 5.43 Å². The monoisotopic (exact) mass is 457 g/mol. The van der Waals surface area contributed by atoms with Gasteiger partial charge in [0.25, 0.3) is 11.6 Å². The number of benzene rings is 2. The minimum absolute atomic E-state index is 0.0309. The van der Waals surface area contributed by atoms with Crippen molar-refractivity contribution in [2.75, 3.05) is 0 Å². The first-order chi connectivity index (χ1) is 11.3. The van der Waals surface area contributed by atoms with Gasteiger partial charge in [0.15, 0.2) is 0 Å². The number of nitrogens with one attached hydrogen (secondary N) is 1. The number of nitrogens with zero attached hydrogens (tertiary/aromatic N) is 2. The number of rotatable bonds is 4. The average Bonchev–Trinajstić information content (AvgIpc) is 2.52. The number of hydrogen-bond donors (Lipinski definition) is 3. The second kappa shape index (κ2) is 7.41. The van der Waals surface area contributed by atoms with E-state index in [1.165, 1.54) is 6.07 Å². The van der Waals surface area contributed by atoms with Crippen LogP contribution in [0, 0.1) is 10.1 Å². The third-order valence-corrected chi connectivity index (χ3v) is 3.93. The number of hydrogen-bond acceptors (Lipinski definition) is 6. The molecule has 2 rings (SSSR count).